The molecule has 21 heteroatoms. The molecule has 61 heavy (non-hydrogen) atoms. The molecule has 3 heterocycles. The van der Waals surface area contributed by atoms with Gasteiger partial charge in [-0.25, -0.2) is 9.97 Å². The van der Waals surface area contributed by atoms with Crippen molar-refractivity contribution in [3.05, 3.63) is 82.9 Å². The molecule has 0 unspecified atom stereocenters. The Kier molecular flexibility index (Phi) is 16.3. The predicted octanol–water partition coefficient (Wildman–Crippen LogP) is 1.14. The van der Waals surface area contributed by atoms with Gasteiger partial charge < -0.3 is 60.4 Å². The number of rotatable bonds is 12. The third-order valence-corrected chi connectivity index (χ3v) is 9.69. The van der Waals surface area contributed by atoms with Crippen molar-refractivity contribution in [3.63, 3.8) is 0 Å². The molecule has 20 nitrogen and oxygen atoms in total. The molecule has 4 amide bonds. The van der Waals surface area contributed by atoms with Crippen molar-refractivity contribution < 1.29 is 64.2 Å². The third kappa shape index (κ3) is 11.8. The molecule has 328 valence electrons. The Morgan fingerprint density at radius 3 is 1.34 bits per heavy atom. The molecule has 0 spiro atoms. The zero-order valence-corrected chi connectivity index (χ0v) is 35.5. The van der Waals surface area contributed by atoms with Crippen LogP contribution < -0.4 is 21.3 Å². The van der Waals surface area contributed by atoms with E-state index in [0.717, 1.165) is 14.2 Å². The van der Waals surface area contributed by atoms with Crippen LogP contribution in [-0.2, 0) is 54.6 Å². The minimum atomic E-state index is -1.83. The van der Waals surface area contributed by atoms with Crippen LogP contribution in [0.5, 0.6) is 0 Å². The Bertz CT molecular complexity index is 2100. The van der Waals surface area contributed by atoms with Crippen LogP contribution in [0.4, 0.5) is 0 Å². The van der Waals surface area contributed by atoms with Gasteiger partial charge in [-0.15, -0.1) is 0 Å². The average molecular weight is 888 g/mol. The summed E-state index contributed by atoms with van der Waals surface area (Å²) in [5.41, 5.74) is -4.76. The van der Waals surface area contributed by atoms with Crippen LogP contribution in [0.1, 0.15) is 48.7 Å². The van der Waals surface area contributed by atoms with E-state index < -0.39 is 57.8 Å². The number of para-hydroxylation sites is 4. The van der Waals surface area contributed by atoms with Crippen molar-refractivity contribution in [3.8, 4) is 0 Å². The van der Waals surface area contributed by atoms with E-state index >= 15 is 0 Å². The fraction of sp³-hybridized carbons (Fsp3) is 0.450. The molecule has 1 fully saturated rings. The summed E-state index contributed by atoms with van der Waals surface area (Å²) in [6.07, 6.45) is 2.69. The second-order valence-corrected chi connectivity index (χ2v) is 14.7. The predicted molar refractivity (Wildman–Crippen MR) is 216 cm³/mol. The van der Waals surface area contributed by atoms with Gasteiger partial charge in [0.2, 0.25) is 0 Å². The van der Waals surface area contributed by atoms with Crippen molar-refractivity contribution in [2.24, 2.45) is 0 Å². The SMILES string of the molecule is COC(=O)[C@@]1(C)CNC[C@@](C)(OCCNC(=O)c2cnc3ccccc3n2)C(=O)[N-][C@@](C)(C(=O)OC)CNC[C@@](C)(OCCNC(=O)c2cnc3ccccc3n2)C(=O)[N-]1.[Ni+2]. The van der Waals surface area contributed by atoms with Crippen molar-refractivity contribution >= 4 is 57.6 Å². The molecule has 4 aromatic rings. The first-order chi connectivity index (χ1) is 28.5. The van der Waals surface area contributed by atoms with Gasteiger partial charge in [-0.1, -0.05) is 38.1 Å². The number of hydrogen-bond donors (Lipinski definition) is 4. The number of benzene rings is 2. The Hall–Kier alpha value is -5.73. The summed E-state index contributed by atoms with van der Waals surface area (Å²) in [5, 5.41) is 19.8. The number of carbonyl (C=O) groups is 6. The monoisotopic (exact) mass is 886 g/mol. The molecule has 0 saturated carbocycles. The molecule has 4 atom stereocenters. The average Bonchev–Trinajstić information content (AvgIpc) is 3.25. The number of aromatic nitrogens is 4. The van der Waals surface area contributed by atoms with E-state index in [1.54, 1.807) is 48.5 Å². The number of ether oxygens (including phenoxy) is 4. The maximum Gasteiger partial charge on any atom is 2.00 e. The van der Waals surface area contributed by atoms with Gasteiger partial charge >= 0.3 is 16.5 Å². The Morgan fingerprint density at radius 2 is 0.984 bits per heavy atom. The van der Waals surface area contributed by atoms with Crippen LogP contribution >= 0.6 is 0 Å². The van der Waals surface area contributed by atoms with E-state index in [0.29, 0.717) is 22.1 Å². The number of methoxy groups -OCH3 is 2. The number of carbonyl (C=O) groups excluding carboxylic acids is 6. The zero-order valence-electron chi connectivity index (χ0n) is 34.5. The summed E-state index contributed by atoms with van der Waals surface area (Å²) in [6.45, 7) is 3.85. The van der Waals surface area contributed by atoms with Crippen LogP contribution in [0.3, 0.4) is 0 Å². The molecular weight excluding hydrogens is 839 g/mol. The molecule has 4 N–H and O–H groups in total. The van der Waals surface area contributed by atoms with Gasteiger partial charge in [0, 0.05) is 37.3 Å². The van der Waals surface area contributed by atoms with E-state index in [1.165, 1.54) is 40.1 Å². The normalized spacial score (nSPS) is 23.6. The fourth-order valence-corrected chi connectivity index (χ4v) is 6.10. The van der Waals surface area contributed by atoms with Gasteiger partial charge in [0.15, 0.2) is 0 Å². The first-order valence-electron chi connectivity index (χ1n) is 19.0. The summed E-state index contributed by atoms with van der Waals surface area (Å²) < 4.78 is 22.1. The Labute approximate surface area is 361 Å². The van der Waals surface area contributed by atoms with Gasteiger partial charge in [-0.3, -0.25) is 29.1 Å². The van der Waals surface area contributed by atoms with Crippen LogP contribution in [0, 0.1) is 0 Å². The topological polar surface area (TPSA) is 267 Å². The minimum absolute atomic E-state index is 0. The number of hydrogen-bond acceptors (Lipinski definition) is 16. The summed E-state index contributed by atoms with van der Waals surface area (Å²) in [6, 6.07) is 14.2. The number of fused-ring (bicyclic) bond motifs is 2. The van der Waals surface area contributed by atoms with E-state index in [-0.39, 0.29) is 80.4 Å². The van der Waals surface area contributed by atoms with E-state index in [4.69, 9.17) is 18.9 Å². The number of esters is 2. The van der Waals surface area contributed by atoms with E-state index in [9.17, 15) is 28.8 Å². The number of amides is 4. The summed E-state index contributed by atoms with van der Waals surface area (Å²) >= 11 is 0. The van der Waals surface area contributed by atoms with Crippen molar-refractivity contribution in [2.45, 2.75) is 50.0 Å². The molecule has 0 bridgehead atoms. The van der Waals surface area contributed by atoms with Crippen molar-refractivity contribution in [2.75, 3.05) is 66.7 Å². The van der Waals surface area contributed by atoms with Crippen LogP contribution in [0.15, 0.2) is 60.9 Å². The largest absolute Gasteiger partial charge is 2.00 e. The molecule has 1 aliphatic heterocycles. The Morgan fingerprint density at radius 1 is 0.623 bits per heavy atom. The molecule has 0 aliphatic carbocycles. The van der Waals surface area contributed by atoms with Gasteiger partial charge in [-0.2, -0.15) is 0 Å². The smallest absolute Gasteiger partial charge is 0.636 e. The van der Waals surface area contributed by atoms with Gasteiger partial charge in [-0.05, 0) is 51.2 Å². The zero-order chi connectivity index (χ0) is 43.6. The van der Waals surface area contributed by atoms with Gasteiger partial charge in [0.05, 0.1) is 73.7 Å². The summed E-state index contributed by atoms with van der Waals surface area (Å²) in [5.74, 6) is -4.53. The quantitative estimate of drug-likeness (QED) is 0.0883. The summed E-state index contributed by atoms with van der Waals surface area (Å²) in [7, 11) is 2.28. The molecular formula is C40H48N10NiO10. The first-order valence-corrected chi connectivity index (χ1v) is 19.0. The van der Waals surface area contributed by atoms with Gasteiger partial charge in [0.25, 0.3) is 23.8 Å². The molecule has 0 radical (unpaired) electrons. The molecule has 2 aromatic heterocycles. The molecule has 1 saturated heterocycles. The summed E-state index contributed by atoms with van der Waals surface area (Å²) in [4.78, 5) is 97.4. The second-order valence-electron chi connectivity index (χ2n) is 14.7. The molecule has 1 aliphatic rings. The fourth-order valence-electron chi connectivity index (χ4n) is 6.10. The van der Waals surface area contributed by atoms with E-state index in [2.05, 4.69) is 51.8 Å². The minimum Gasteiger partial charge on any atom is -0.636 e. The number of nitrogens with one attached hydrogen (secondary N) is 4. The third-order valence-electron chi connectivity index (χ3n) is 9.69. The number of nitrogens with zero attached hydrogens (tertiary/aromatic N) is 6. The van der Waals surface area contributed by atoms with Crippen molar-refractivity contribution in [1.82, 2.24) is 41.2 Å². The van der Waals surface area contributed by atoms with Crippen LogP contribution in [0.2, 0.25) is 0 Å². The first kappa shape index (κ1) is 47.9. The standard InChI is InChI=1S/C40H50N10O10.Ni/c1-37(35(55)57-5)21-41-23-40(4,60-18-16-44-32(52)30-20-46-26-12-8-10-14-28(26)48-30)34(54)50-38(2,36(56)58-6)22-42-24-39(3,33(53)49-37)59-17-15-43-31(51)29-19-45-25-11-7-9-13-27(25)47-29;/h7-14,19-20,41-42H,15-18,21-24H2,1-6H3,(H4,43,44,49,50,51,52,53,54);/q;+2/p-2/t37-,38-,39-,40-;/m1./s1. The molecule has 5 rings (SSSR count). The van der Waals surface area contributed by atoms with Gasteiger partial charge in [0.1, 0.15) is 22.6 Å². The van der Waals surface area contributed by atoms with Crippen LogP contribution in [0.25, 0.3) is 32.7 Å². The second kappa shape index (κ2) is 20.7. The maximum absolute atomic E-state index is 14.0. The Balaban J connectivity index is 0.00000819. The molecule has 2 aromatic carbocycles. The van der Waals surface area contributed by atoms with E-state index in [1.807, 2.05) is 0 Å². The maximum atomic E-state index is 14.0. The van der Waals surface area contributed by atoms with Crippen molar-refractivity contribution in [1.29, 1.82) is 0 Å². The van der Waals surface area contributed by atoms with Crippen LogP contribution in [-0.4, -0.2) is 144 Å².